The van der Waals surface area contributed by atoms with E-state index in [9.17, 15) is 14.0 Å². The fraction of sp³-hybridized carbons (Fsp3) is 0.0667. The van der Waals surface area contributed by atoms with Gasteiger partial charge in [-0.15, -0.1) is 11.3 Å². The van der Waals surface area contributed by atoms with Crippen molar-refractivity contribution in [3.8, 4) is 0 Å². The predicted molar refractivity (Wildman–Crippen MR) is 79.7 cm³/mol. The molecule has 1 amide bonds. The molecule has 0 aliphatic heterocycles. The lowest BCUT2D eigenvalue weighted by Gasteiger charge is -2.02. The van der Waals surface area contributed by atoms with Crippen molar-refractivity contribution in [2.75, 3.05) is 12.4 Å². The number of carbonyl (C=O) groups excluding carboxylic acids is 2. The number of carbonyl (C=O) groups is 2. The van der Waals surface area contributed by atoms with E-state index >= 15 is 0 Å². The Kier molecular flexibility index (Phi) is 4.84. The zero-order chi connectivity index (χ0) is 15.2. The molecule has 0 aliphatic rings. The van der Waals surface area contributed by atoms with Crippen molar-refractivity contribution in [3.05, 3.63) is 58.0 Å². The van der Waals surface area contributed by atoms with Crippen LogP contribution >= 0.6 is 11.3 Å². The molecule has 0 saturated carbocycles. The summed E-state index contributed by atoms with van der Waals surface area (Å²) in [5.74, 6) is -1.22. The van der Waals surface area contributed by atoms with Crippen LogP contribution in [0.25, 0.3) is 6.08 Å². The van der Waals surface area contributed by atoms with Gasteiger partial charge in [-0.3, -0.25) is 4.79 Å². The van der Waals surface area contributed by atoms with Crippen LogP contribution in [0.1, 0.15) is 15.2 Å². The molecular formula is C15H12FNO3S. The first-order chi connectivity index (χ1) is 10.1. The number of esters is 1. The summed E-state index contributed by atoms with van der Waals surface area (Å²) >= 11 is 1.19. The van der Waals surface area contributed by atoms with Gasteiger partial charge in [0, 0.05) is 6.08 Å². The molecule has 108 valence electrons. The molecule has 6 heteroatoms. The van der Waals surface area contributed by atoms with Gasteiger partial charge in [0.25, 0.3) is 0 Å². The molecule has 1 aromatic heterocycles. The Morgan fingerprint density at radius 3 is 2.62 bits per heavy atom. The van der Waals surface area contributed by atoms with E-state index in [1.54, 1.807) is 29.7 Å². The predicted octanol–water partition coefficient (Wildman–Crippen LogP) is 3.33. The molecule has 1 aromatic carbocycles. The number of rotatable bonds is 4. The minimum Gasteiger partial charge on any atom is -0.465 e. The average molecular weight is 305 g/mol. The summed E-state index contributed by atoms with van der Waals surface area (Å²) in [6, 6.07) is 7.37. The number of hydrogen-bond donors (Lipinski definition) is 1. The van der Waals surface area contributed by atoms with Gasteiger partial charge in [0.2, 0.25) is 5.91 Å². The topological polar surface area (TPSA) is 55.4 Å². The molecule has 0 radical (unpaired) electrons. The highest BCUT2D eigenvalue weighted by molar-refractivity contribution is 7.12. The van der Waals surface area contributed by atoms with Crippen LogP contribution in [0.2, 0.25) is 0 Å². The summed E-state index contributed by atoms with van der Waals surface area (Å²) in [7, 11) is 1.28. The van der Waals surface area contributed by atoms with E-state index in [2.05, 4.69) is 10.1 Å². The second-order valence-corrected chi connectivity index (χ2v) is 4.95. The van der Waals surface area contributed by atoms with Crippen molar-refractivity contribution in [2.24, 2.45) is 0 Å². The standard InChI is InChI=1S/C15H12FNO3S/c1-20-15(19)14-12(8-9-21-14)17-13(18)7-4-10-2-5-11(16)6-3-10/h2-9H,1H3,(H,17,18). The molecule has 0 aliphatic carbocycles. The highest BCUT2D eigenvalue weighted by atomic mass is 32.1. The maximum Gasteiger partial charge on any atom is 0.350 e. The van der Waals surface area contributed by atoms with Crippen LogP contribution < -0.4 is 5.32 Å². The first kappa shape index (κ1) is 14.9. The highest BCUT2D eigenvalue weighted by Crippen LogP contribution is 2.23. The lowest BCUT2D eigenvalue weighted by molar-refractivity contribution is -0.111. The van der Waals surface area contributed by atoms with E-state index in [0.717, 1.165) is 0 Å². The molecule has 0 unspecified atom stereocenters. The van der Waals surface area contributed by atoms with Gasteiger partial charge in [-0.05, 0) is 35.2 Å². The molecule has 0 atom stereocenters. The molecule has 4 nitrogen and oxygen atoms in total. The van der Waals surface area contributed by atoms with Crippen molar-refractivity contribution >= 4 is 35.0 Å². The maximum atomic E-state index is 12.7. The van der Waals surface area contributed by atoms with Crippen molar-refractivity contribution in [1.82, 2.24) is 0 Å². The zero-order valence-electron chi connectivity index (χ0n) is 11.1. The van der Waals surface area contributed by atoms with E-state index in [1.807, 2.05) is 0 Å². The third-order valence-corrected chi connectivity index (χ3v) is 3.49. The van der Waals surface area contributed by atoms with E-state index in [4.69, 9.17) is 0 Å². The van der Waals surface area contributed by atoms with Crippen molar-refractivity contribution in [2.45, 2.75) is 0 Å². The molecule has 21 heavy (non-hydrogen) atoms. The largest absolute Gasteiger partial charge is 0.465 e. The number of nitrogens with one attached hydrogen (secondary N) is 1. The third kappa shape index (κ3) is 4.00. The average Bonchev–Trinajstić information content (AvgIpc) is 2.94. The Hall–Kier alpha value is -2.47. The maximum absolute atomic E-state index is 12.7. The molecular weight excluding hydrogens is 293 g/mol. The molecule has 0 saturated heterocycles. The normalized spacial score (nSPS) is 10.6. The quantitative estimate of drug-likeness (QED) is 0.696. The van der Waals surface area contributed by atoms with Crippen molar-refractivity contribution in [1.29, 1.82) is 0 Å². The van der Waals surface area contributed by atoms with Gasteiger partial charge in [-0.1, -0.05) is 12.1 Å². The van der Waals surface area contributed by atoms with Gasteiger partial charge in [0.1, 0.15) is 10.7 Å². The number of thiophene rings is 1. The Balaban J connectivity index is 2.03. The van der Waals surface area contributed by atoms with Crippen LogP contribution in [0.15, 0.2) is 41.8 Å². The molecule has 1 heterocycles. The summed E-state index contributed by atoms with van der Waals surface area (Å²) in [5, 5.41) is 4.28. The number of benzene rings is 1. The Morgan fingerprint density at radius 2 is 1.95 bits per heavy atom. The summed E-state index contributed by atoms with van der Waals surface area (Å²) in [6.45, 7) is 0. The molecule has 2 rings (SSSR count). The minimum absolute atomic E-state index is 0.334. The number of anilines is 1. The molecule has 0 bridgehead atoms. The van der Waals surface area contributed by atoms with Gasteiger partial charge in [-0.2, -0.15) is 0 Å². The van der Waals surface area contributed by atoms with Gasteiger partial charge < -0.3 is 10.1 Å². The zero-order valence-corrected chi connectivity index (χ0v) is 11.9. The molecule has 2 aromatic rings. The minimum atomic E-state index is -0.497. The lowest BCUT2D eigenvalue weighted by Crippen LogP contribution is -2.10. The first-order valence-electron chi connectivity index (χ1n) is 6.00. The summed E-state index contributed by atoms with van der Waals surface area (Å²) in [6.07, 6.45) is 2.87. The van der Waals surface area contributed by atoms with Gasteiger partial charge in [0.05, 0.1) is 12.8 Å². The van der Waals surface area contributed by atoms with Crippen LogP contribution in [-0.2, 0) is 9.53 Å². The lowest BCUT2D eigenvalue weighted by atomic mass is 10.2. The van der Waals surface area contributed by atoms with Gasteiger partial charge in [0.15, 0.2) is 0 Å². The Labute approximate surface area is 124 Å². The van der Waals surface area contributed by atoms with Gasteiger partial charge in [-0.25, -0.2) is 9.18 Å². The molecule has 0 spiro atoms. The monoisotopic (exact) mass is 305 g/mol. The van der Waals surface area contributed by atoms with Crippen LogP contribution in [0, 0.1) is 5.82 Å². The number of hydrogen-bond acceptors (Lipinski definition) is 4. The fourth-order valence-corrected chi connectivity index (χ4v) is 2.34. The first-order valence-corrected chi connectivity index (χ1v) is 6.88. The smallest absolute Gasteiger partial charge is 0.350 e. The molecule has 0 fully saturated rings. The summed E-state index contributed by atoms with van der Waals surface area (Å²) in [5.41, 5.74) is 1.10. The van der Waals surface area contributed by atoms with Crippen LogP contribution in [0.3, 0.4) is 0 Å². The van der Waals surface area contributed by atoms with E-state index < -0.39 is 5.97 Å². The van der Waals surface area contributed by atoms with Crippen molar-refractivity contribution in [3.63, 3.8) is 0 Å². The van der Waals surface area contributed by atoms with Crippen molar-refractivity contribution < 1.29 is 18.7 Å². The second-order valence-electron chi connectivity index (χ2n) is 4.03. The second kappa shape index (κ2) is 6.81. The highest BCUT2D eigenvalue weighted by Gasteiger charge is 2.14. The summed E-state index contributed by atoms with van der Waals surface area (Å²) in [4.78, 5) is 23.6. The van der Waals surface area contributed by atoms with E-state index in [1.165, 1.54) is 36.7 Å². The number of halogens is 1. The fourth-order valence-electron chi connectivity index (χ4n) is 1.58. The third-order valence-electron chi connectivity index (χ3n) is 2.59. The molecule has 1 N–H and O–H groups in total. The summed E-state index contributed by atoms with van der Waals surface area (Å²) < 4.78 is 17.4. The number of methoxy groups -OCH3 is 1. The number of ether oxygens (including phenoxy) is 1. The Bertz CT molecular complexity index is 676. The Morgan fingerprint density at radius 1 is 1.24 bits per heavy atom. The van der Waals surface area contributed by atoms with Crippen LogP contribution in [0.5, 0.6) is 0 Å². The van der Waals surface area contributed by atoms with E-state index in [-0.39, 0.29) is 11.7 Å². The van der Waals surface area contributed by atoms with E-state index in [0.29, 0.717) is 16.1 Å². The SMILES string of the molecule is COC(=O)c1sccc1NC(=O)C=Cc1ccc(F)cc1. The van der Waals surface area contributed by atoms with Gasteiger partial charge >= 0.3 is 5.97 Å². The van der Waals surface area contributed by atoms with Crippen LogP contribution in [-0.4, -0.2) is 19.0 Å². The van der Waals surface area contributed by atoms with Crippen LogP contribution in [0.4, 0.5) is 10.1 Å². The number of amides is 1.